The van der Waals surface area contributed by atoms with Crippen LogP contribution in [0.2, 0.25) is 5.02 Å². The number of carbonyl (C=O) groups is 2. The molecule has 6 heteroatoms. The lowest BCUT2D eigenvalue weighted by atomic mass is 10.1. The molecule has 0 aliphatic carbocycles. The van der Waals surface area contributed by atoms with Crippen LogP contribution in [0.25, 0.3) is 0 Å². The van der Waals surface area contributed by atoms with Crippen molar-refractivity contribution in [2.45, 2.75) is 52.2 Å². The highest BCUT2D eigenvalue weighted by Gasteiger charge is 2.28. The van der Waals surface area contributed by atoms with Crippen molar-refractivity contribution in [1.29, 1.82) is 0 Å². The number of rotatable bonds is 3. The fraction of sp³-hybridized carbons (Fsp3) is 0.556. The SMILES string of the molecule is CC(=O)c1ccc(Cl)c(OC2CCN(C(=O)OC(C)(C)C)CC2)c1. The average Bonchev–Trinajstić information content (AvgIpc) is 2.48. The van der Waals surface area contributed by atoms with Crippen molar-refractivity contribution >= 4 is 23.5 Å². The van der Waals surface area contributed by atoms with E-state index in [1.807, 2.05) is 20.8 Å². The number of halogens is 1. The van der Waals surface area contributed by atoms with Crippen molar-refractivity contribution in [3.05, 3.63) is 28.8 Å². The highest BCUT2D eigenvalue weighted by Crippen LogP contribution is 2.29. The third kappa shape index (κ3) is 5.13. The fourth-order valence-electron chi connectivity index (χ4n) is 2.47. The van der Waals surface area contributed by atoms with Crippen molar-refractivity contribution < 1.29 is 19.1 Å². The average molecular weight is 354 g/mol. The van der Waals surface area contributed by atoms with Crippen LogP contribution in [0.15, 0.2) is 18.2 Å². The largest absolute Gasteiger partial charge is 0.489 e. The van der Waals surface area contributed by atoms with E-state index in [1.54, 1.807) is 23.1 Å². The lowest BCUT2D eigenvalue weighted by Gasteiger charge is -2.33. The van der Waals surface area contributed by atoms with E-state index in [2.05, 4.69) is 0 Å². The zero-order valence-corrected chi connectivity index (χ0v) is 15.4. The Morgan fingerprint density at radius 2 is 1.83 bits per heavy atom. The molecule has 1 aromatic carbocycles. The highest BCUT2D eigenvalue weighted by molar-refractivity contribution is 6.32. The Labute approximate surface area is 147 Å². The molecule has 0 spiro atoms. The minimum absolute atomic E-state index is 0.0312. The summed E-state index contributed by atoms with van der Waals surface area (Å²) in [5, 5.41) is 0.481. The predicted octanol–water partition coefficient (Wildman–Crippen LogP) is 4.32. The molecule has 0 aromatic heterocycles. The summed E-state index contributed by atoms with van der Waals surface area (Å²) in [4.78, 5) is 25.2. The summed E-state index contributed by atoms with van der Waals surface area (Å²) >= 11 is 6.15. The molecule has 5 nitrogen and oxygen atoms in total. The first kappa shape index (κ1) is 18.6. The Hall–Kier alpha value is -1.75. The van der Waals surface area contributed by atoms with E-state index in [1.165, 1.54) is 6.92 Å². The number of amides is 1. The first-order chi connectivity index (χ1) is 11.2. The molecule has 0 bridgehead atoms. The second kappa shape index (κ2) is 7.43. The van der Waals surface area contributed by atoms with Gasteiger partial charge < -0.3 is 14.4 Å². The second-order valence-electron chi connectivity index (χ2n) is 6.99. The van der Waals surface area contributed by atoms with Crippen LogP contribution >= 0.6 is 11.6 Å². The number of ether oxygens (including phenoxy) is 2. The van der Waals surface area contributed by atoms with E-state index in [4.69, 9.17) is 21.1 Å². The summed E-state index contributed by atoms with van der Waals surface area (Å²) < 4.78 is 11.3. The Morgan fingerprint density at radius 1 is 1.21 bits per heavy atom. The molecule has 2 rings (SSSR count). The number of Topliss-reactive ketones (excluding diaryl/α,β-unsaturated/α-hetero) is 1. The molecule has 1 aliphatic rings. The molecular formula is C18H24ClNO4. The van der Waals surface area contributed by atoms with Gasteiger partial charge in [-0.15, -0.1) is 0 Å². The molecule has 24 heavy (non-hydrogen) atoms. The Bertz CT molecular complexity index is 616. The third-order valence-corrected chi connectivity index (χ3v) is 4.04. The summed E-state index contributed by atoms with van der Waals surface area (Å²) in [6, 6.07) is 5.02. The molecule has 1 heterocycles. The quantitative estimate of drug-likeness (QED) is 0.759. The van der Waals surface area contributed by atoms with E-state index in [0.29, 0.717) is 42.3 Å². The van der Waals surface area contributed by atoms with Crippen LogP contribution in [0.1, 0.15) is 50.9 Å². The number of nitrogens with zero attached hydrogens (tertiary/aromatic N) is 1. The van der Waals surface area contributed by atoms with E-state index in [-0.39, 0.29) is 18.0 Å². The van der Waals surface area contributed by atoms with Gasteiger partial charge in [0, 0.05) is 31.5 Å². The van der Waals surface area contributed by atoms with Gasteiger partial charge in [0.25, 0.3) is 0 Å². The van der Waals surface area contributed by atoms with Crippen LogP contribution in [0.4, 0.5) is 4.79 Å². The van der Waals surface area contributed by atoms with Crippen molar-refractivity contribution in [2.75, 3.05) is 13.1 Å². The Kier molecular flexibility index (Phi) is 5.75. The van der Waals surface area contributed by atoms with E-state index in [9.17, 15) is 9.59 Å². The second-order valence-corrected chi connectivity index (χ2v) is 7.39. The van der Waals surface area contributed by atoms with Crippen LogP contribution < -0.4 is 4.74 Å². The summed E-state index contributed by atoms with van der Waals surface area (Å²) in [5.74, 6) is 0.483. The molecule has 0 saturated carbocycles. The molecule has 1 amide bonds. The number of likely N-dealkylation sites (tertiary alicyclic amines) is 1. The molecular weight excluding hydrogens is 330 g/mol. The summed E-state index contributed by atoms with van der Waals surface area (Å²) in [6.45, 7) is 8.21. The van der Waals surface area contributed by atoms with Gasteiger partial charge in [-0.2, -0.15) is 0 Å². The molecule has 0 radical (unpaired) electrons. The highest BCUT2D eigenvalue weighted by atomic mass is 35.5. The minimum atomic E-state index is -0.495. The van der Waals surface area contributed by atoms with Crippen LogP contribution in [0, 0.1) is 0 Å². The van der Waals surface area contributed by atoms with Crippen molar-refractivity contribution in [3.63, 3.8) is 0 Å². The summed E-state index contributed by atoms with van der Waals surface area (Å²) in [5.41, 5.74) is 0.0750. The van der Waals surface area contributed by atoms with E-state index < -0.39 is 5.60 Å². The van der Waals surface area contributed by atoms with Crippen molar-refractivity contribution in [1.82, 2.24) is 4.90 Å². The summed E-state index contributed by atoms with van der Waals surface area (Å²) in [6.07, 6.45) is 1.06. The zero-order valence-electron chi connectivity index (χ0n) is 14.6. The molecule has 0 N–H and O–H groups in total. The maximum atomic E-state index is 12.1. The van der Waals surface area contributed by atoms with Gasteiger partial charge in [0.1, 0.15) is 17.5 Å². The molecule has 132 valence electrons. The number of ketones is 1. The number of hydrogen-bond donors (Lipinski definition) is 0. The molecule has 0 unspecified atom stereocenters. The van der Waals surface area contributed by atoms with Gasteiger partial charge in [-0.3, -0.25) is 4.79 Å². The van der Waals surface area contributed by atoms with Gasteiger partial charge in [0.05, 0.1) is 5.02 Å². The normalized spacial score (nSPS) is 16.0. The number of benzene rings is 1. The van der Waals surface area contributed by atoms with Crippen molar-refractivity contribution in [3.8, 4) is 5.75 Å². The van der Waals surface area contributed by atoms with Gasteiger partial charge in [-0.1, -0.05) is 11.6 Å². The van der Waals surface area contributed by atoms with Gasteiger partial charge in [-0.25, -0.2) is 4.79 Å². The molecule has 1 aromatic rings. The van der Waals surface area contributed by atoms with Gasteiger partial charge in [0.2, 0.25) is 0 Å². The smallest absolute Gasteiger partial charge is 0.410 e. The van der Waals surface area contributed by atoms with Crippen LogP contribution in [-0.4, -0.2) is 41.6 Å². The van der Waals surface area contributed by atoms with Crippen LogP contribution in [-0.2, 0) is 4.74 Å². The standard InChI is InChI=1S/C18H24ClNO4/c1-12(21)13-5-6-15(19)16(11-13)23-14-7-9-20(10-8-14)17(22)24-18(2,3)4/h5-6,11,14H,7-10H2,1-4H3. The lowest BCUT2D eigenvalue weighted by molar-refractivity contribution is 0.0126. The van der Waals surface area contributed by atoms with Gasteiger partial charge in [0.15, 0.2) is 5.78 Å². The predicted molar refractivity (Wildman–Crippen MR) is 92.9 cm³/mol. The zero-order chi connectivity index (χ0) is 17.9. The third-order valence-electron chi connectivity index (χ3n) is 3.73. The first-order valence-electron chi connectivity index (χ1n) is 8.11. The molecule has 1 saturated heterocycles. The maximum Gasteiger partial charge on any atom is 0.410 e. The monoisotopic (exact) mass is 353 g/mol. The fourth-order valence-corrected chi connectivity index (χ4v) is 2.64. The van der Waals surface area contributed by atoms with Gasteiger partial charge in [-0.05, 0) is 45.9 Å². The number of hydrogen-bond acceptors (Lipinski definition) is 4. The van der Waals surface area contributed by atoms with E-state index in [0.717, 1.165) is 0 Å². The molecule has 1 fully saturated rings. The molecule has 1 aliphatic heterocycles. The Morgan fingerprint density at radius 3 is 2.38 bits per heavy atom. The lowest BCUT2D eigenvalue weighted by Crippen LogP contribution is -2.44. The maximum absolute atomic E-state index is 12.1. The first-order valence-corrected chi connectivity index (χ1v) is 8.48. The van der Waals surface area contributed by atoms with Crippen molar-refractivity contribution in [2.24, 2.45) is 0 Å². The molecule has 0 atom stereocenters. The van der Waals surface area contributed by atoms with Crippen LogP contribution in [0.5, 0.6) is 5.75 Å². The van der Waals surface area contributed by atoms with Crippen LogP contribution in [0.3, 0.4) is 0 Å². The van der Waals surface area contributed by atoms with E-state index >= 15 is 0 Å². The van der Waals surface area contributed by atoms with Gasteiger partial charge >= 0.3 is 6.09 Å². The topological polar surface area (TPSA) is 55.8 Å². The number of piperidine rings is 1. The minimum Gasteiger partial charge on any atom is -0.489 e. The number of carbonyl (C=O) groups excluding carboxylic acids is 2. The summed E-state index contributed by atoms with van der Waals surface area (Å²) in [7, 11) is 0. The Balaban J connectivity index is 1.93.